The highest BCUT2D eigenvalue weighted by Crippen LogP contribution is 2.28. The maximum atomic E-state index is 13.2. The van der Waals surface area contributed by atoms with Gasteiger partial charge >= 0.3 is 0 Å². The molecule has 5 heteroatoms. The normalized spacial score (nSPS) is 11.7. The van der Waals surface area contributed by atoms with Crippen LogP contribution in [0, 0.1) is 11.6 Å². The minimum atomic E-state index is -0.836. The summed E-state index contributed by atoms with van der Waals surface area (Å²) in [4.78, 5) is 0. The van der Waals surface area contributed by atoms with Crippen LogP contribution in [-0.4, -0.2) is 5.11 Å². The molecule has 0 unspecified atom stereocenters. The number of phenolic OH excluding ortho intramolecular Hbond substituents is 1. The predicted octanol–water partition coefficient (Wildman–Crippen LogP) is 2.67. The van der Waals surface area contributed by atoms with Gasteiger partial charge < -0.3 is 10.8 Å². The standard InChI is InChI=1S/C10H11F2NO.ClH/c1-2-3-8(13)10-7(12)4-6(11)5-9(10)14;/h2,4-5,8,14H,1,3,13H2;1H/t8-;/m0./s1. The Balaban J connectivity index is 0.00000196. The van der Waals surface area contributed by atoms with E-state index in [9.17, 15) is 13.9 Å². The summed E-state index contributed by atoms with van der Waals surface area (Å²) in [6.07, 6.45) is 1.82. The molecule has 0 fully saturated rings. The van der Waals surface area contributed by atoms with Crippen LogP contribution in [0.1, 0.15) is 18.0 Å². The van der Waals surface area contributed by atoms with E-state index in [0.717, 1.165) is 6.07 Å². The summed E-state index contributed by atoms with van der Waals surface area (Å²) in [7, 11) is 0. The van der Waals surface area contributed by atoms with E-state index >= 15 is 0 Å². The molecular weight excluding hydrogens is 224 g/mol. The third-order valence-corrected chi connectivity index (χ3v) is 1.86. The molecule has 0 radical (unpaired) electrons. The maximum absolute atomic E-state index is 13.2. The maximum Gasteiger partial charge on any atom is 0.134 e. The van der Waals surface area contributed by atoms with Crippen molar-refractivity contribution in [1.82, 2.24) is 0 Å². The van der Waals surface area contributed by atoms with Crippen molar-refractivity contribution in [3.8, 4) is 5.75 Å². The molecule has 0 saturated carbocycles. The van der Waals surface area contributed by atoms with Crippen molar-refractivity contribution in [3.05, 3.63) is 42.0 Å². The molecule has 84 valence electrons. The molecule has 1 aromatic carbocycles. The van der Waals surface area contributed by atoms with Crippen LogP contribution in [0.3, 0.4) is 0 Å². The van der Waals surface area contributed by atoms with Gasteiger partial charge in [0.1, 0.15) is 17.4 Å². The topological polar surface area (TPSA) is 46.2 Å². The lowest BCUT2D eigenvalue weighted by Gasteiger charge is -2.12. The van der Waals surface area contributed by atoms with Crippen LogP contribution >= 0.6 is 12.4 Å². The first-order chi connectivity index (χ1) is 6.56. The number of benzene rings is 1. The van der Waals surface area contributed by atoms with Crippen molar-refractivity contribution < 1.29 is 13.9 Å². The van der Waals surface area contributed by atoms with Gasteiger partial charge in [-0.1, -0.05) is 6.08 Å². The fraction of sp³-hybridized carbons (Fsp3) is 0.200. The van der Waals surface area contributed by atoms with Gasteiger partial charge in [-0.2, -0.15) is 0 Å². The van der Waals surface area contributed by atoms with Crippen molar-refractivity contribution >= 4 is 12.4 Å². The smallest absolute Gasteiger partial charge is 0.134 e. The average Bonchev–Trinajstić information content (AvgIpc) is 2.01. The second-order valence-electron chi connectivity index (χ2n) is 2.95. The lowest BCUT2D eigenvalue weighted by atomic mass is 10.0. The monoisotopic (exact) mass is 235 g/mol. The number of phenols is 1. The quantitative estimate of drug-likeness (QED) is 0.792. The molecule has 0 bridgehead atoms. The molecule has 2 nitrogen and oxygen atoms in total. The zero-order chi connectivity index (χ0) is 10.7. The van der Waals surface area contributed by atoms with Crippen molar-refractivity contribution in [2.75, 3.05) is 0 Å². The highest BCUT2D eigenvalue weighted by atomic mass is 35.5. The van der Waals surface area contributed by atoms with Gasteiger partial charge in [0.25, 0.3) is 0 Å². The fourth-order valence-corrected chi connectivity index (χ4v) is 1.24. The first-order valence-electron chi connectivity index (χ1n) is 4.10. The van der Waals surface area contributed by atoms with E-state index in [1.807, 2.05) is 0 Å². The third kappa shape index (κ3) is 3.18. The number of hydrogen-bond donors (Lipinski definition) is 2. The van der Waals surface area contributed by atoms with E-state index in [0.29, 0.717) is 12.5 Å². The Hall–Kier alpha value is -1.13. The molecule has 0 aromatic heterocycles. The van der Waals surface area contributed by atoms with Crippen LogP contribution < -0.4 is 5.73 Å². The molecule has 1 aromatic rings. The molecular formula is C10H12ClF2NO. The summed E-state index contributed by atoms with van der Waals surface area (Å²) in [5.41, 5.74) is 5.49. The highest BCUT2D eigenvalue weighted by molar-refractivity contribution is 5.85. The molecule has 0 heterocycles. The molecule has 0 saturated heterocycles. The molecule has 15 heavy (non-hydrogen) atoms. The van der Waals surface area contributed by atoms with E-state index in [1.54, 1.807) is 0 Å². The van der Waals surface area contributed by atoms with E-state index in [2.05, 4.69) is 6.58 Å². The lowest BCUT2D eigenvalue weighted by molar-refractivity contribution is 0.440. The van der Waals surface area contributed by atoms with E-state index in [-0.39, 0.29) is 18.0 Å². The second kappa shape index (κ2) is 5.68. The zero-order valence-electron chi connectivity index (χ0n) is 7.91. The molecule has 0 aliphatic rings. The molecule has 1 atom stereocenters. The Morgan fingerprint density at radius 1 is 1.47 bits per heavy atom. The second-order valence-corrected chi connectivity index (χ2v) is 2.95. The van der Waals surface area contributed by atoms with Crippen molar-refractivity contribution in [2.24, 2.45) is 5.73 Å². The molecule has 0 aliphatic carbocycles. The SMILES string of the molecule is C=CC[C@H](N)c1c(O)cc(F)cc1F.Cl. The molecule has 0 amide bonds. The number of rotatable bonds is 3. The lowest BCUT2D eigenvalue weighted by Crippen LogP contribution is -2.11. The minimum Gasteiger partial charge on any atom is -0.507 e. The Labute approximate surface area is 92.8 Å². The van der Waals surface area contributed by atoms with E-state index in [4.69, 9.17) is 5.73 Å². The van der Waals surface area contributed by atoms with Gasteiger partial charge in [0, 0.05) is 23.7 Å². The highest BCUT2D eigenvalue weighted by Gasteiger charge is 2.16. The van der Waals surface area contributed by atoms with Crippen LogP contribution in [0.5, 0.6) is 5.75 Å². The summed E-state index contributed by atoms with van der Waals surface area (Å²) in [6.45, 7) is 3.44. The number of hydrogen-bond acceptors (Lipinski definition) is 2. The average molecular weight is 236 g/mol. The van der Waals surface area contributed by atoms with Crippen LogP contribution in [0.25, 0.3) is 0 Å². The Bertz CT molecular complexity index is 334. The van der Waals surface area contributed by atoms with Gasteiger partial charge in [0.2, 0.25) is 0 Å². The Morgan fingerprint density at radius 3 is 2.53 bits per heavy atom. The summed E-state index contributed by atoms with van der Waals surface area (Å²) in [5.74, 6) is -2.12. The van der Waals surface area contributed by atoms with Gasteiger partial charge in [0.15, 0.2) is 0 Å². The fourth-order valence-electron chi connectivity index (χ4n) is 1.24. The van der Waals surface area contributed by atoms with Gasteiger partial charge in [-0.3, -0.25) is 0 Å². The van der Waals surface area contributed by atoms with Gasteiger partial charge in [-0.25, -0.2) is 8.78 Å². The molecule has 1 rings (SSSR count). The largest absolute Gasteiger partial charge is 0.507 e. The molecule has 3 N–H and O–H groups in total. The van der Waals surface area contributed by atoms with Gasteiger partial charge in [-0.05, 0) is 6.42 Å². The third-order valence-electron chi connectivity index (χ3n) is 1.86. The first-order valence-corrected chi connectivity index (χ1v) is 4.10. The predicted molar refractivity (Wildman–Crippen MR) is 57.0 cm³/mol. The van der Waals surface area contributed by atoms with Crippen LogP contribution in [0.2, 0.25) is 0 Å². The summed E-state index contributed by atoms with van der Waals surface area (Å²) in [5, 5.41) is 9.27. The van der Waals surface area contributed by atoms with Crippen LogP contribution in [0.4, 0.5) is 8.78 Å². The minimum absolute atomic E-state index is 0. The first kappa shape index (κ1) is 13.9. The van der Waals surface area contributed by atoms with Crippen molar-refractivity contribution in [2.45, 2.75) is 12.5 Å². The van der Waals surface area contributed by atoms with Crippen LogP contribution in [-0.2, 0) is 0 Å². The summed E-state index contributed by atoms with van der Waals surface area (Å²) >= 11 is 0. The van der Waals surface area contributed by atoms with E-state index < -0.39 is 23.4 Å². The summed E-state index contributed by atoms with van der Waals surface area (Å²) < 4.78 is 25.8. The molecule has 0 aliphatic heterocycles. The van der Waals surface area contributed by atoms with Crippen molar-refractivity contribution in [3.63, 3.8) is 0 Å². The van der Waals surface area contributed by atoms with Gasteiger partial charge in [-0.15, -0.1) is 19.0 Å². The summed E-state index contributed by atoms with van der Waals surface area (Å²) in [6, 6.07) is 0.826. The Morgan fingerprint density at radius 2 is 2.07 bits per heavy atom. The number of nitrogens with two attached hydrogens (primary N) is 1. The number of aromatic hydroxyl groups is 1. The van der Waals surface area contributed by atoms with Gasteiger partial charge in [0.05, 0.1) is 0 Å². The van der Waals surface area contributed by atoms with E-state index in [1.165, 1.54) is 6.08 Å². The number of halogens is 3. The Kier molecular flexibility index (Phi) is 5.25. The van der Waals surface area contributed by atoms with Crippen molar-refractivity contribution in [1.29, 1.82) is 0 Å². The van der Waals surface area contributed by atoms with Crippen LogP contribution in [0.15, 0.2) is 24.8 Å². The molecule has 0 spiro atoms. The zero-order valence-corrected chi connectivity index (χ0v) is 8.73.